The molecule has 8 nitrogen and oxygen atoms in total. The van der Waals surface area contributed by atoms with E-state index in [0.717, 1.165) is 0 Å². The normalized spacial score (nSPS) is 11.5. The molecule has 0 aliphatic rings. The highest BCUT2D eigenvalue weighted by Crippen LogP contribution is 2.28. The molecule has 8 heteroatoms. The maximum absolute atomic E-state index is 13.3. The third-order valence-electron chi connectivity index (χ3n) is 4.82. The van der Waals surface area contributed by atoms with Gasteiger partial charge in [0.25, 0.3) is 11.5 Å². The van der Waals surface area contributed by atoms with E-state index in [-0.39, 0.29) is 42.3 Å². The molecule has 0 bridgehead atoms. The molecule has 0 saturated carbocycles. The van der Waals surface area contributed by atoms with E-state index in [1.807, 2.05) is 6.07 Å². The lowest BCUT2D eigenvalue weighted by Gasteiger charge is -2.17. The summed E-state index contributed by atoms with van der Waals surface area (Å²) in [7, 11) is 0. The summed E-state index contributed by atoms with van der Waals surface area (Å²) in [4.78, 5) is 41.6. The van der Waals surface area contributed by atoms with Crippen LogP contribution in [0.15, 0.2) is 41.2 Å². The number of benzene rings is 1. The number of amides is 1. The van der Waals surface area contributed by atoms with Crippen LogP contribution in [0.25, 0.3) is 10.9 Å². The van der Waals surface area contributed by atoms with Gasteiger partial charge in [-0.3, -0.25) is 14.4 Å². The number of aliphatic hydroxyl groups is 1. The van der Waals surface area contributed by atoms with Crippen LogP contribution in [0.2, 0.25) is 0 Å². The number of nitrogens with zero attached hydrogens (tertiary/aromatic N) is 1. The molecule has 0 saturated heterocycles. The van der Waals surface area contributed by atoms with Gasteiger partial charge >= 0.3 is 0 Å². The van der Waals surface area contributed by atoms with Gasteiger partial charge in [-0.05, 0) is 33.8 Å². The van der Waals surface area contributed by atoms with Gasteiger partial charge in [0.1, 0.15) is 11.1 Å². The van der Waals surface area contributed by atoms with Crippen molar-refractivity contribution in [2.75, 3.05) is 13.2 Å². The summed E-state index contributed by atoms with van der Waals surface area (Å²) in [5.74, 6) is -0.552. The molecule has 1 aromatic carbocycles. The van der Waals surface area contributed by atoms with Gasteiger partial charge in [0, 0.05) is 17.8 Å². The number of aromatic nitrogens is 2. The third kappa shape index (κ3) is 4.86. The molecule has 2 aromatic heterocycles. The number of Topliss-reactive ketones (excluding diaryl/α,β-unsaturated/α-hetero) is 1. The average Bonchev–Trinajstić information content (AvgIpc) is 3.07. The van der Waals surface area contributed by atoms with E-state index < -0.39 is 17.1 Å². The summed E-state index contributed by atoms with van der Waals surface area (Å²) in [5, 5.41) is 12.7. The zero-order valence-electron chi connectivity index (χ0n) is 18.1. The van der Waals surface area contributed by atoms with Crippen LogP contribution in [0.4, 0.5) is 0 Å². The number of aryl methyl sites for hydroxylation is 1. The molecule has 0 spiro atoms. The molecule has 0 aliphatic heterocycles. The Bertz CT molecular complexity index is 1170. The molecular formula is C23H27N3O5. The Morgan fingerprint density at radius 3 is 2.52 bits per heavy atom. The van der Waals surface area contributed by atoms with Crippen molar-refractivity contribution in [3.05, 3.63) is 63.7 Å². The van der Waals surface area contributed by atoms with Gasteiger partial charge < -0.3 is 24.7 Å². The number of rotatable bonds is 8. The SMILES string of the molecule is CCOc1c(C(=O)NCC(C)(C)O)[nH]c2cc(C)n(CC(=O)c3ccccc3)c(=O)c12. The number of carbonyl (C=O) groups is 2. The molecule has 0 fully saturated rings. The summed E-state index contributed by atoms with van der Waals surface area (Å²) in [6, 6.07) is 10.5. The number of pyridine rings is 1. The predicted molar refractivity (Wildman–Crippen MR) is 118 cm³/mol. The first-order valence-electron chi connectivity index (χ1n) is 10.1. The van der Waals surface area contributed by atoms with Gasteiger partial charge in [0.2, 0.25) is 0 Å². The molecule has 31 heavy (non-hydrogen) atoms. The Labute approximate surface area is 179 Å². The van der Waals surface area contributed by atoms with Crippen molar-refractivity contribution >= 4 is 22.6 Å². The highest BCUT2D eigenvalue weighted by atomic mass is 16.5. The smallest absolute Gasteiger partial charge is 0.271 e. The Morgan fingerprint density at radius 1 is 1.23 bits per heavy atom. The van der Waals surface area contributed by atoms with Crippen molar-refractivity contribution in [2.45, 2.75) is 39.8 Å². The number of hydrogen-bond acceptors (Lipinski definition) is 5. The second kappa shape index (κ2) is 8.77. The van der Waals surface area contributed by atoms with Crippen LogP contribution >= 0.6 is 0 Å². The molecule has 164 valence electrons. The Hall–Kier alpha value is -3.39. The first-order valence-corrected chi connectivity index (χ1v) is 10.1. The minimum Gasteiger partial charge on any atom is -0.491 e. The van der Waals surface area contributed by atoms with Crippen molar-refractivity contribution in [1.82, 2.24) is 14.9 Å². The van der Waals surface area contributed by atoms with Gasteiger partial charge in [-0.1, -0.05) is 30.3 Å². The lowest BCUT2D eigenvalue weighted by atomic mass is 10.1. The van der Waals surface area contributed by atoms with E-state index in [9.17, 15) is 19.5 Å². The van der Waals surface area contributed by atoms with Gasteiger partial charge in [0.15, 0.2) is 11.5 Å². The van der Waals surface area contributed by atoms with E-state index in [2.05, 4.69) is 10.3 Å². The molecule has 0 aliphatic carbocycles. The summed E-state index contributed by atoms with van der Waals surface area (Å²) in [6.45, 7) is 6.79. The zero-order valence-corrected chi connectivity index (χ0v) is 18.1. The minimum absolute atomic E-state index is 0.0294. The van der Waals surface area contributed by atoms with Crippen LogP contribution in [0.3, 0.4) is 0 Å². The monoisotopic (exact) mass is 425 g/mol. The van der Waals surface area contributed by atoms with Crippen LogP contribution < -0.4 is 15.6 Å². The largest absolute Gasteiger partial charge is 0.491 e. The van der Waals surface area contributed by atoms with Crippen molar-refractivity contribution < 1.29 is 19.4 Å². The maximum Gasteiger partial charge on any atom is 0.271 e. The van der Waals surface area contributed by atoms with Crippen LogP contribution in [0.5, 0.6) is 5.75 Å². The van der Waals surface area contributed by atoms with E-state index in [1.54, 1.807) is 58.0 Å². The molecule has 0 radical (unpaired) electrons. The molecule has 2 heterocycles. The van der Waals surface area contributed by atoms with Gasteiger partial charge in [0.05, 0.1) is 24.3 Å². The van der Waals surface area contributed by atoms with Gasteiger partial charge in [-0.15, -0.1) is 0 Å². The second-order valence-electron chi connectivity index (χ2n) is 8.01. The summed E-state index contributed by atoms with van der Waals surface area (Å²) < 4.78 is 7.04. The third-order valence-corrected chi connectivity index (χ3v) is 4.82. The molecular weight excluding hydrogens is 398 g/mol. The van der Waals surface area contributed by atoms with Crippen molar-refractivity contribution in [1.29, 1.82) is 0 Å². The number of nitrogens with one attached hydrogen (secondary N) is 2. The zero-order chi connectivity index (χ0) is 22.8. The first kappa shape index (κ1) is 22.3. The van der Waals surface area contributed by atoms with Crippen molar-refractivity contribution in [2.24, 2.45) is 0 Å². The maximum atomic E-state index is 13.3. The average molecular weight is 425 g/mol. The van der Waals surface area contributed by atoms with E-state index in [0.29, 0.717) is 16.8 Å². The van der Waals surface area contributed by atoms with Crippen LogP contribution in [-0.2, 0) is 6.54 Å². The minimum atomic E-state index is -1.09. The van der Waals surface area contributed by atoms with Crippen molar-refractivity contribution in [3.63, 3.8) is 0 Å². The summed E-state index contributed by atoms with van der Waals surface area (Å²) >= 11 is 0. The Morgan fingerprint density at radius 2 is 1.90 bits per heavy atom. The number of ketones is 1. The number of hydrogen-bond donors (Lipinski definition) is 3. The molecule has 3 rings (SSSR count). The Balaban J connectivity index is 2.05. The summed E-state index contributed by atoms with van der Waals surface area (Å²) in [5.41, 5.74) is 0.136. The van der Waals surface area contributed by atoms with Crippen LogP contribution in [0, 0.1) is 6.92 Å². The molecule has 3 aromatic rings. The number of aromatic amines is 1. The Kier molecular flexibility index (Phi) is 6.31. The number of ether oxygens (including phenoxy) is 1. The number of carbonyl (C=O) groups excluding carboxylic acids is 2. The van der Waals surface area contributed by atoms with Crippen molar-refractivity contribution in [3.8, 4) is 5.75 Å². The number of H-pyrrole nitrogens is 1. The van der Waals surface area contributed by atoms with Crippen LogP contribution in [0.1, 0.15) is 47.3 Å². The highest BCUT2D eigenvalue weighted by Gasteiger charge is 2.25. The molecule has 0 unspecified atom stereocenters. The van der Waals surface area contributed by atoms with E-state index in [4.69, 9.17) is 4.74 Å². The fourth-order valence-corrected chi connectivity index (χ4v) is 3.29. The predicted octanol–water partition coefficient (Wildman–Crippen LogP) is 2.42. The highest BCUT2D eigenvalue weighted by molar-refractivity contribution is 6.03. The first-order chi connectivity index (χ1) is 14.6. The van der Waals surface area contributed by atoms with Gasteiger partial charge in [-0.25, -0.2) is 0 Å². The molecule has 3 N–H and O–H groups in total. The topological polar surface area (TPSA) is 113 Å². The number of fused-ring (bicyclic) bond motifs is 1. The molecule has 0 atom stereocenters. The van der Waals surface area contributed by atoms with E-state index >= 15 is 0 Å². The second-order valence-corrected chi connectivity index (χ2v) is 8.01. The fourth-order valence-electron chi connectivity index (χ4n) is 3.29. The van der Waals surface area contributed by atoms with E-state index in [1.165, 1.54) is 4.57 Å². The quantitative estimate of drug-likeness (QED) is 0.480. The van der Waals surface area contributed by atoms with Crippen LogP contribution in [-0.4, -0.2) is 45.1 Å². The lowest BCUT2D eigenvalue weighted by molar-refractivity contribution is 0.0690. The molecule has 1 amide bonds. The van der Waals surface area contributed by atoms with Gasteiger partial charge in [-0.2, -0.15) is 0 Å². The lowest BCUT2D eigenvalue weighted by Crippen LogP contribution is -2.38. The standard InChI is InChI=1S/C23H27N3O5/c1-5-31-20-18-16(25-19(20)21(28)24-13-23(3,4)30)11-14(2)26(22(18)29)12-17(27)15-9-7-6-8-10-15/h6-11,25,30H,5,12-13H2,1-4H3,(H,24,28). The fraction of sp³-hybridized carbons (Fsp3) is 0.348. The summed E-state index contributed by atoms with van der Waals surface area (Å²) in [6.07, 6.45) is 0.